The number of thioether (sulfide) groups is 1. The highest BCUT2D eigenvalue weighted by Gasteiger charge is 2.48. The predicted molar refractivity (Wildman–Crippen MR) is 91.0 cm³/mol. The van der Waals surface area contributed by atoms with Crippen molar-refractivity contribution < 1.29 is 28.3 Å². The van der Waals surface area contributed by atoms with E-state index in [0.29, 0.717) is 5.56 Å². The summed E-state index contributed by atoms with van der Waals surface area (Å²) in [6.07, 6.45) is -0.0573. The minimum atomic E-state index is -2.44. The lowest BCUT2D eigenvalue weighted by Crippen LogP contribution is -2.55. The smallest absolute Gasteiger partial charge is 0.343 e. The fraction of sp³-hybridized carbons (Fsp3) is 0.471. The minimum Gasteiger partial charge on any atom is -0.479 e. The van der Waals surface area contributed by atoms with Crippen LogP contribution in [0.5, 0.6) is 0 Å². The van der Waals surface area contributed by atoms with Gasteiger partial charge in [-0.25, -0.2) is 13.6 Å². The molecule has 0 radical (unpaired) electrons. The molecule has 0 spiro atoms. The number of likely N-dealkylation sites (tertiary alicyclic amines) is 1. The molecule has 2 saturated heterocycles. The fourth-order valence-corrected chi connectivity index (χ4v) is 4.27. The topological polar surface area (TPSA) is 86.7 Å². The van der Waals surface area contributed by atoms with Gasteiger partial charge in [0.25, 0.3) is 0 Å². The number of hydrogen-bond acceptors (Lipinski definition) is 4. The lowest BCUT2D eigenvalue weighted by atomic mass is 10.1. The lowest BCUT2D eigenvalue weighted by molar-refractivity contribution is -0.150. The molecule has 1 aromatic rings. The number of carbonyl (C=O) groups is 3. The Bertz CT molecular complexity index is 747. The molecule has 3 atom stereocenters. The van der Waals surface area contributed by atoms with E-state index in [-0.39, 0.29) is 36.9 Å². The number of nitrogens with zero attached hydrogens (tertiary/aromatic N) is 1. The van der Waals surface area contributed by atoms with Crippen LogP contribution < -0.4 is 5.32 Å². The Kier molecular flexibility index (Phi) is 5.17. The molecule has 26 heavy (non-hydrogen) atoms. The zero-order valence-electron chi connectivity index (χ0n) is 13.8. The third kappa shape index (κ3) is 3.67. The number of carboxylic acids is 1. The molecule has 2 amide bonds. The standard InChI is InChI=1S/C17H18F2N2O4S/c18-11-4-2-1-3-10(11)7-13-14(22)20-12(8-26-13)15(23)21-6-5-17(19,9-21)16(24)25/h1-4,12-13H,5-9H2,(H,20,22)(H,24,25). The van der Waals surface area contributed by atoms with Gasteiger partial charge in [0, 0.05) is 18.7 Å². The van der Waals surface area contributed by atoms with Gasteiger partial charge in [-0.3, -0.25) is 9.59 Å². The first-order chi connectivity index (χ1) is 12.3. The molecule has 2 aliphatic rings. The Hall–Kier alpha value is -2.16. The molecule has 9 heteroatoms. The number of nitrogens with one attached hydrogen (secondary N) is 1. The molecule has 0 aromatic heterocycles. The van der Waals surface area contributed by atoms with Crippen LogP contribution in [-0.2, 0) is 20.8 Å². The molecule has 0 saturated carbocycles. The minimum absolute atomic E-state index is 0.00265. The summed E-state index contributed by atoms with van der Waals surface area (Å²) in [6, 6.07) is 5.36. The number of halogens is 2. The average molecular weight is 384 g/mol. The first-order valence-electron chi connectivity index (χ1n) is 8.16. The van der Waals surface area contributed by atoms with Gasteiger partial charge in [0.15, 0.2) is 0 Å². The maximum Gasteiger partial charge on any atom is 0.343 e. The number of rotatable bonds is 4. The van der Waals surface area contributed by atoms with Crippen LogP contribution in [0.2, 0.25) is 0 Å². The second-order valence-corrected chi connectivity index (χ2v) is 7.69. The second-order valence-electron chi connectivity index (χ2n) is 6.46. The summed E-state index contributed by atoms with van der Waals surface area (Å²) in [5.41, 5.74) is -2.01. The van der Waals surface area contributed by atoms with E-state index < -0.39 is 35.4 Å². The van der Waals surface area contributed by atoms with Crippen LogP contribution in [0, 0.1) is 5.82 Å². The highest BCUT2D eigenvalue weighted by molar-refractivity contribution is 8.00. The molecule has 2 heterocycles. The molecule has 0 bridgehead atoms. The van der Waals surface area contributed by atoms with Gasteiger partial charge < -0.3 is 15.3 Å². The van der Waals surface area contributed by atoms with E-state index in [1.54, 1.807) is 18.2 Å². The first-order valence-corrected chi connectivity index (χ1v) is 9.21. The summed E-state index contributed by atoms with van der Waals surface area (Å²) in [5.74, 6) is -2.57. The Morgan fingerprint density at radius 2 is 2.12 bits per heavy atom. The van der Waals surface area contributed by atoms with Crippen molar-refractivity contribution in [3.05, 3.63) is 35.6 Å². The first kappa shape index (κ1) is 18.6. The Labute approximate surface area is 152 Å². The van der Waals surface area contributed by atoms with E-state index in [9.17, 15) is 23.2 Å². The SMILES string of the molecule is O=C1NC(C(=O)N2CCC(F)(C(=O)O)C2)CSC1Cc1ccccc1F. The maximum absolute atomic E-state index is 14.1. The monoisotopic (exact) mass is 384 g/mol. The molecular weight excluding hydrogens is 366 g/mol. The molecule has 3 unspecified atom stereocenters. The number of benzene rings is 1. The van der Waals surface area contributed by atoms with Gasteiger partial charge in [0.2, 0.25) is 17.5 Å². The van der Waals surface area contributed by atoms with Gasteiger partial charge in [-0.15, -0.1) is 11.8 Å². The average Bonchev–Trinajstić information content (AvgIpc) is 3.02. The summed E-state index contributed by atoms with van der Waals surface area (Å²) >= 11 is 1.24. The van der Waals surface area contributed by atoms with E-state index in [4.69, 9.17) is 5.11 Å². The van der Waals surface area contributed by atoms with Gasteiger partial charge in [-0.05, 0) is 18.1 Å². The van der Waals surface area contributed by atoms with E-state index in [2.05, 4.69) is 5.32 Å². The van der Waals surface area contributed by atoms with E-state index in [1.807, 2.05) is 0 Å². The summed E-state index contributed by atoms with van der Waals surface area (Å²) in [5, 5.41) is 11.0. The third-order valence-corrected chi connectivity index (χ3v) is 5.96. The van der Waals surface area contributed by atoms with Crippen molar-refractivity contribution in [1.82, 2.24) is 10.2 Å². The largest absolute Gasteiger partial charge is 0.479 e. The Balaban J connectivity index is 1.59. The Morgan fingerprint density at radius 1 is 1.38 bits per heavy atom. The second kappa shape index (κ2) is 7.22. The fourth-order valence-electron chi connectivity index (χ4n) is 3.10. The predicted octanol–water partition coefficient (Wildman–Crippen LogP) is 0.994. The van der Waals surface area contributed by atoms with Crippen LogP contribution in [0.3, 0.4) is 0 Å². The van der Waals surface area contributed by atoms with E-state index >= 15 is 0 Å². The molecular formula is C17H18F2N2O4S. The summed E-state index contributed by atoms with van der Waals surface area (Å²) in [7, 11) is 0. The quantitative estimate of drug-likeness (QED) is 0.809. The number of amides is 2. The number of carboxylic acid groups (broad SMARTS) is 1. The molecule has 140 valence electrons. The van der Waals surface area contributed by atoms with E-state index in [0.717, 1.165) is 4.90 Å². The van der Waals surface area contributed by atoms with Gasteiger partial charge in [0.05, 0.1) is 11.8 Å². The number of carbonyl (C=O) groups excluding carboxylic acids is 2. The molecule has 0 aliphatic carbocycles. The van der Waals surface area contributed by atoms with Crippen molar-refractivity contribution in [2.24, 2.45) is 0 Å². The van der Waals surface area contributed by atoms with Crippen LogP contribution in [0.15, 0.2) is 24.3 Å². The van der Waals surface area contributed by atoms with Crippen LogP contribution in [0.1, 0.15) is 12.0 Å². The van der Waals surface area contributed by atoms with Crippen LogP contribution >= 0.6 is 11.8 Å². The third-order valence-electron chi connectivity index (χ3n) is 4.65. The van der Waals surface area contributed by atoms with Crippen molar-refractivity contribution in [2.75, 3.05) is 18.8 Å². The maximum atomic E-state index is 14.1. The number of aliphatic carboxylic acids is 1. The number of hydrogen-bond donors (Lipinski definition) is 2. The highest BCUT2D eigenvalue weighted by atomic mass is 32.2. The molecule has 2 N–H and O–H groups in total. The summed E-state index contributed by atoms with van der Waals surface area (Å²) in [4.78, 5) is 36.8. The molecule has 1 aromatic carbocycles. The Morgan fingerprint density at radius 3 is 2.73 bits per heavy atom. The van der Waals surface area contributed by atoms with Crippen molar-refractivity contribution >= 4 is 29.5 Å². The summed E-state index contributed by atoms with van der Waals surface area (Å²) in [6.45, 7) is -0.520. The van der Waals surface area contributed by atoms with E-state index in [1.165, 1.54) is 17.8 Å². The normalized spacial score (nSPS) is 28.7. The molecule has 2 aliphatic heterocycles. The highest BCUT2D eigenvalue weighted by Crippen LogP contribution is 2.28. The summed E-state index contributed by atoms with van der Waals surface area (Å²) < 4.78 is 27.8. The zero-order chi connectivity index (χ0) is 18.9. The van der Waals surface area contributed by atoms with Crippen molar-refractivity contribution in [2.45, 2.75) is 29.8 Å². The van der Waals surface area contributed by atoms with Gasteiger partial charge in [-0.1, -0.05) is 18.2 Å². The van der Waals surface area contributed by atoms with Crippen LogP contribution in [0.4, 0.5) is 8.78 Å². The van der Waals surface area contributed by atoms with Gasteiger partial charge in [0.1, 0.15) is 11.9 Å². The zero-order valence-corrected chi connectivity index (χ0v) is 14.6. The van der Waals surface area contributed by atoms with Gasteiger partial charge >= 0.3 is 5.97 Å². The van der Waals surface area contributed by atoms with Crippen molar-refractivity contribution in [1.29, 1.82) is 0 Å². The van der Waals surface area contributed by atoms with Gasteiger partial charge in [-0.2, -0.15) is 0 Å². The molecule has 2 fully saturated rings. The number of alkyl halides is 1. The molecule has 3 rings (SSSR count). The van der Waals surface area contributed by atoms with Crippen molar-refractivity contribution in [3.63, 3.8) is 0 Å². The van der Waals surface area contributed by atoms with Crippen LogP contribution in [-0.4, -0.2) is 63.6 Å². The van der Waals surface area contributed by atoms with Crippen molar-refractivity contribution in [3.8, 4) is 0 Å². The van der Waals surface area contributed by atoms with Crippen LogP contribution in [0.25, 0.3) is 0 Å². The lowest BCUT2D eigenvalue weighted by Gasteiger charge is -2.31. The molecule has 6 nitrogen and oxygen atoms in total.